The molecule has 0 spiro atoms. The summed E-state index contributed by atoms with van der Waals surface area (Å²) in [5.74, 6) is -0.683. The number of amides is 2. The van der Waals surface area contributed by atoms with Crippen LogP contribution in [-0.4, -0.2) is 42.5 Å². The third-order valence-electron chi connectivity index (χ3n) is 11.1. The van der Waals surface area contributed by atoms with E-state index in [0.717, 1.165) is 33.6 Å². The van der Waals surface area contributed by atoms with E-state index in [-0.39, 0.29) is 28.4 Å². The summed E-state index contributed by atoms with van der Waals surface area (Å²) in [6, 6.07) is 58.5. The van der Waals surface area contributed by atoms with E-state index in [4.69, 9.17) is 0 Å². The van der Waals surface area contributed by atoms with Gasteiger partial charge in [-0.1, -0.05) is 211 Å². The Balaban J connectivity index is 0.000000249. The van der Waals surface area contributed by atoms with Gasteiger partial charge in [0, 0.05) is 11.4 Å². The number of hydrogen-bond donors (Lipinski definition) is 2. The fourth-order valence-corrected chi connectivity index (χ4v) is 7.69. The van der Waals surface area contributed by atoms with Crippen molar-refractivity contribution in [1.82, 2.24) is 0 Å². The van der Waals surface area contributed by atoms with Gasteiger partial charge in [0.1, 0.15) is 0 Å². The Hall–Kier alpha value is -5.85. The summed E-state index contributed by atoms with van der Waals surface area (Å²) in [6.45, 7) is 15.0. The Kier molecular flexibility index (Phi) is 24.0. The van der Waals surface area contributed by atoms with Gasteiger partial charge in [-0.05, 0) is 72.2 Å². The molecule has 6 heteroatoms. The van der Waals surface area contributed by atoms with E-state index in [1.54, 1.807) is 0 Å². The molecule has 0 saturated heterocycles. The topological polar surface area (TPSA) is 58.2 Å². The Morgan fingerprint density at radius 1 is 0.371 bits per heavy atom. The number of nitrogens with zero attached hydrogens (tertiary/aromatic N) is 1. The molecule has 0 bridgehead atoms. The van der Waals surface area contributed by atoms with E-state index < -0.39 is 0 Å². The third kappa shape index (κ3) is 17.3. The largest absolute Gasteiger partial charge is 1.00 e. The van der Waals surface area contributed by atoms with Crippen molar-refractivity contribution in [3.63, 3.8) is 0 Å². The van der Waals surface area contributed by atoms with E-state index in [1.165, 1.54) is 82.0 Å². The van der Waals surface area contributed by atoms with Crippen molar-refractivity contribution in [1.29, 1.82) is 0 Å². The van der Waals surface area contributed by atoms with E-state index in [2.05, 4.69) is 38.3 Å². The minimum atomic E-state index is -0.317. The lowest BCUT2D eigenvalue weighted by Gasteiger charge is -2.39. The summed E-state index contributed by atoms with van der Waals surface area (Å²) in [4.78, 5) is 25.6. The summed E-state index contributed by atoms with van der Waals surface area (Å²) >= 11 is 0. The molecule has 0 aromatic heterocycles. The molecule has 6 aromatic rings. The van der Waals surface area contributed by atoms with Crippen molar-refractivity contribution in [3.8, 4) is 0 Å². The fraction of sp³-hybridized carbons (Fsp3) is 0.321. The van der Waals surface area contributed by atoms with E-state index in [1.807, 2.05) is 182 Å². The Bertz CT molecular complexity index is 1780. The van der Waals surface area contributed by atoms with Gasteiger partial charge in [0.05, 0.1) is 38.0 Å². The van der Waals surface area contributed by atoms with Crippen LogP contribution in [0, 0.1) is 0 Å². The molecule has 0 aliphatic carbocycles. The zero-order valence-electron chi connectivity index (χ0n) is 37.6. The number of quaternary nitrogens is 1. The van der Waals surface area contributed by atoms with Crippen LogP contribution in [0.15, 0.2) is 182 Å². The molecule has 0 heterocycles. The van der Waals surface area contributed by atoms with Crippen molar-refractivity contribution in [2.45, 2.75) is 90.9 Å². The monoisotopic (exact) mass is 836 g/mol. The van der Waals surface area contributed by atoms with Gasteiger partial charge in [-0.3, -0.25) is 9.59 Å². The summed E-state index contributed by atoms with van der Waals surface area (Å²) < 4.78 is 1.42. The summed E-state index contributed by atoms with van der Waals surface area (Å²) in [7, 11) is 0. The number of nitrogens with one attached hydrogen (secondary N) is 2. The van der Waals surface area contributed by atoms with Crippen LogP contribution in [0.5, 0.6) is 0 Å². The van der Waals surface area contributed by atoms with Crippen LogP contribution in [0.2, 0.25) is 0 Å². The molecule has 0 atom stereocenters. The minimum Gasteiger partial charge on any atom is -1.00 e. The second-order valence-corrected chi connectivity index (χ2v) is 15.9. The van der Waals surface area contributed by atoms with Crippen LogP contribution in [-0.2, 0) is 9.59 Å². The van der Waals surface area contributed by atoms with Crippen LogP contribution < -0.4 is 15.3 Å². The lowest BCUT2D eigenvalue weighted by Crippen LogP contribution is -3.00. The Labute approximate surface area is 372 Å². The van der Waals surface area contributed by atoms with E-state index in [9.17, 15) is 9.59 Å². The van der Waals surface area contributed by atoms with Crippen LogP contribution >= 0.6 is 0 Å². The standard InChI is InChI=1S/2C20H17NO.C16H36N.FH/c2*22-20(21-18-14-8-3-9-15-18)19(16-10-4-1-5-11-16)17-12-6-2-7-13-17;1-5-9-13-17(14-10-6-2,15-11-7-3)16-12-8-4;/h2*1-15,19H,(H,21,22);5-16H2,1-4H3;1H/q;;+1;/p-1. The molecule has 2 amide bonds. The maximum Gasteiger partial charge on any atom is 0.236 e. The molecular formula is C56H70FN3O2. The lowest BCUT2D eigenvalue weighted by atomic mass is 9.90. The molecule has 0 aliphatic rings. The molecule has 62 heavy (non-hydrogen) atoms. The number of hydrogen-bond acceptors (Lipinski definition) is 2. The van der Waals surface area contributed by atoms with E-state index in [0.29, 0.717) is 0 Å². The van der Waals surface area contributed by atoms with Gasteiger partial charge in [-0.15, -0.1) is 0 Å². The van der Waals surface area contributed by atoms with Crippen molar-refractivity contribution in [3.05, 3.63) is 204 Å². The second kappa shape index (κ2) is 29.4. The average Bonchev–Trinajstić information content (AvgIpc) is 3.31. The second-order valence-electron chi connectivity index (χ2n) is 15.9. The van der Waals surface area contributed by atoms with Crippen LogP contribution in [0.1, 0.15) is 113 Å². The smallest absolute Gasteiger partial charge is 0.236 e. The van der Waals surface area contributed by atoms with Crippen molar-refractivity contribution >= 4 is 23.2 Å². The number of anilines is 2. The quantitative estimate of drug-likeness (QED) is 0.0753. The number of para-hydroxylation sites is 2. The first-order valence-corrected chi connectivity index (χ1v) is 22.7. The van der Waals surface area contributed by atoms with Crippen molar-refractivity contribution < 1.29 is 18.8 Å². The highest BCUT2D eigenvalue weighted by molar-refractivity contribution is 5.98. The summed E-state index contributed by atoms with van der Waals surface area (Å²) in [5, 5.41) is 6.00. The fourth-order valence-electron chi connectivity index (χ4n) is 7.69. The zero-order chi connectivity index (χ0) is 43.4. The van der Waals surface area contributed by atoms with Gasteiger partial charge < -0.3 is 19.8 Å². The predicted molar refractivity (Wildman–Crippen MR) is 259 cm³/mol. The van der Waals surface area contributed by atoms with Gasteiger partial charge in [-0.2, -0.15) is 0 Å². The number of rotatable bonds is 20. The highest BCUT2D eigenvalue weighted by atomic mass is 19.0. The first-order chi connectivity index (χ1) is 29.9. The molecule has 0 radical (unpaired) electrons. The number of carbonyl (C=O) groups excluding carboxylic acids is 2. The molecule has 0 fully saturated rings. The molecular weight excluding hydrogens is 766 g/mol. The average molecular weight is 836 g/mol. The number of benzene rings is 6. The molecule has 0 saturated carbocycles. The van der Waals surface area contributed by atoms with Gasteiger partial charge in [0.25, 0.3) is 0 Å². The third-order valence-corrected chi connectivity index (χ3v) is 11.1. The molecule has 6 aromatic carbocycles. The first-order valence-electron chi connectivity index (χ1n) is 22.7. The number of carbonyl (C=O) groups is 2. The van der Waals surface area contributed by atoms with Gasteiger partial charge in [0.15, 0.2) is 0 Å². The number of halogens is 1. The predicted octanol–water partition coefficient (Wildman–Crippen LogP) is 10.9. The Morgan fingerprint density at radius 3 is 0.790 bits per heavy atom. The van der Waals surface area contributed by atoms with Crippen molar-refractivity contribution in [2.75, 3.05) is 36.8 Å². The molecule has 328 valence electrons. The molecule has 2 N–H and O–H groups in total. The molecule has 0 aliphatic heterocycles. The maximum absolute atomic E-state index is 12.8. The van der Waals surface area contributed by atoms with Gasteiger partial charge >= 0.3 is 0 Å². The van der Waals surface area contributed by atoms with Crippen LogP contribution in [0.3, 0.4) is 0 Å². The zero-order valence-corrected chi connectivity index (χ0v) is 37.6. The SMILES string of the molecule is CCCC[N+](CCCC)(CCCC)CCCC.O=C(Nc1ccccc1)C(c1ccccc1)c1ccccc1.O=C(Nc1ccccc1)C(c1ccccc1)c1ccccc1.[F-]. The minimum absolute atomic E-state index is 0. The summed E-state index contributed by atoms with van der Waals surface area (Å²) in [5.41, 5.74) is 5.57. The Morgan fingerprint density at radius 2 is 0.581 bits per heavy atom. The normalized spacial score (nSPS) is 10.7. The van der Waals surface area contributed by atoms with Gasteiger partial charge in [-0.25, -0.2) is 0 Å². The van der Waals surface area contributed by atoms with Gasteiger partial charge in [0.2, 0.25) is 11.8 Å². The van der Waals surface area contributed by atoms with Crippen LogP contribution in [0.4, 0.5) is 11.4 Å². The van der Waals surface area contributed by atoms with Crippen LogP contribution in [0.25, 0.3) is 0 Å². The highest BCUT2D eigenvalue weighted by Crippen LogP contribution is 2.28. The lowest BCUT2D eigenvalue weighted by molar-refractivity contribution is -0.929. The molecule has 0 unspecified atom stereocenters. The maximum atomic E-state index is 12.8. The highest BCUT2D eigenvalue weighted by Gasteiger charge is 2.25. The first kappa shape index (κ1) is 50.5. The van der Waals surface area contributed by atoms with Crippen molar-refractivity contribution in [2.24, 2.45) is 0 Å². The molecule has 6 rings (SSSR count). The number of unbranched alkanes of at least 4 members (excludes halogenated alkanes) is 4. The summed E-state index contributed by atoms with van der Waals surface area (Å²) in [6.07, 6.45) is 11.1. The molecule has 5 nitrogen and oxygen atoms in total. The van der Waals surface area contributed by atoms with E-state index >= 15 is 0 Å².